The van der Waals surface area contributed by atoms with Crippen LogP contribution in [0, 0.1) is 11.3 Å². The van der Waals surface area contributed by atoms with E-state index < -0.39 is 0 Å². The second-order valence-corrected chi connectivity index (χ2v) is 4.93. The molecule has 0 saturated heterocycles. The third kappa shape index (κ3) is 3.14. The number of nitrogens with zero attached hydrogens (tertiary/aromatic N) is 1. The fraction of sp³-hybridized carbons (Fsp3) is 0. The Morgan fingerprint density at radius 1 is 1.20 bits per heavy atom. The van der Waals surface area contributed by atoms with Gasteiger partial charge in [-0.1, -0.05) is 36.4 Å². The summed E-state index contributed by atoms with van der Waals surface area (Å²) in [6, 6.07) is 15.3. The molecule has 1 N–H and O–H groups in total. The second kappa shape index (κ2) is 6.18. The van der Waals surface area contributed by atoms with Crippen molar-refractivity contribution < 1.29 is 9.90 Å². The summed E-state index contributed by atoms with van der Waals surface area (Å²) < 4.78 is 0.510. The third-order valence-corrected chi connectivity index (χ3v) is 3.32. The van der Waals surface area contributed by atoms with Crippen molar-refractivity contribution in [1.29, 1.82) is 5.26 Å². The van der Waals surface area contributed by atoms with Gasteiger partial charge in [-0.2, -0.15) is 5.26 Å². The Kier molecular flexibility index (Phi) is 4.34. The van der Waals surface area contributed by atoms with Gasteiger partial charge in [-0.25, -0.2) is 0 Å². The number of benzene rings is 2. The van der Waals surface area contributed by atoms with Crippen molar-refractivity contribution in [2.45, 2.75) is 0 Å². The number of hydrogen-bond donors (Lipinski definition) is 1. The molecule has 0 atom stereocenters. The molecule has 2 aromatic carbocycles. The molecule has 0 aliphatic heterocycles. The number of phenolic OH excluding ortho intramolecular Hbond substituents is 1. The number of aromatic hydroxyl groups is 1. The highest BCUT2D eigenvalue weighted by Gasteiger charge is 2.11. The number of rotatable bonds is 3. The van der Waals surface area contributed by atoms with Gasteiger partial charge in [0.1, 0.15) is 17.4 Å². The standard InChI is InChI=1S/C16H10BrNO2/c17-14-9-11(6-7-15(14)19)8-13(10-18)16(20)12-4-2-1-3-5-12/h1-9,19H/b13-8+. The van der Waals surface area contributed by atoms with Crippen LogP contribution in [0.3, 0.4) is 0 Å². The molecule has 0 bridgehead atoms. The number of allylic oxidation sites excluding steroid dienone is 1. The van der Waals surface area contributed by atoms with Crippen molar-refractivity contribution in [1.82, 2.24) is 0 Å². The predicted octanol–water partition coefficient (Wildman–Crippen LogP) is 3.94. The number of phenols is 1. The molecule has 0 aliphatic rings. The summed E-state index contributed by atoms with van der Waals surface area (Å²) >= 11 is 3.19. The first-order chi connectivity index (χ1) is 9.61. The van der Waals surface area contributed by atoms with E-state index in [4.69, 9.17) is 5.26 Å². The number of carbonyl (C=O) groups excluding carboxylic acids is 1. The molecule has 20 heavy (non-hydrogen) atoms. The lowest BCUT2D eigenvalue weighted by molar-refractivity contribution is 0.104. The first-order valence-corrected chi connectivity index (χ1v) is 6.61. The van der Waals surface area contributed by atoms with Gasteiger partial charge in [-0.3, -0.25) is 4.79 Å². The van der Waals surface area contributed by atoms with Gasteiger partial charge in [0.15, 0.2) is 0 Å². The van der Waals surface area contributed by atoms with E-state index in [9.17, 15) is 9.90 Å². The van der Waals surface area contributed by atoms with Gasteiger partial charge in [0.2, 0.25) is 5.78 Å². The van der Waals surface area contributed by atoms with E-state index in [1.54, 1.807) is 36.4 Å². The van der Waals surface area contributed by atoms with Crippen molar-refractivity contribution in [3.05, 3.63) is 69.7 Å². The molecule has 0 spiro atoms. The Balaban J connectivity index is 2.37. The van der Waals surface area contributed by atoms with E-state index in [-0.39, 0.29) is 17.1 Å². The van der Waals surface area contributed by atoms with Gasteiger partial charge in [0.05, 0.1) is 4.47 Å². The Morgan fingerprint density at radius 3 is 2.50 bits per heavy atom. The van der Waals surface area contributed by atoms with Crippen LogP contribution in [0.25, 0.3) is 6.08 Å². The van der Waals surface area contributed by atoms with E-state index >= 15 is 0 Å². The summed E-state index contributed by atoms with van der Waals surface area (Å²) in [5, 5.41) is 18.6. The fourth-order valence-electron chi connectivity index (χ4n) is 1.67. The van der Waals surface area contributed by atoms with Crippen LogP contribution in [0.15, 0.2) is 58.6 Å². The fourth-order valence-corrected chi connectivity index (χ4v) is 2.07. The van der Waals surface area contributed by atoms with Crippen LogP contribution in [0.5, 0.6) is 5.75 Å². The molecule has 2 aromatic rings. The third-order valence-electron chi connectivity index (χ3n) is 2.68. The first-order valence-electron chi connectivity index (χ1n) is 5.82. The quantitative estimate of drug-likeness (QED) is 0.527. The van der Waals surface area contributed by atoms with Crippen LogP contribution >= 0.6 is 15.9 Å². The van der Waals surface area contributed by atoms with Crippen molar-refractivity contribution in [2.75, 3.05) is 0 Å². The van der Waals surface area contributed by atoms with E-state index in [0.717, 1.165) is 0 Å². The van der Waals surface area contributed by atoms with Crippen LogP contribution < -0.4 is 0 Å². The zero-order chi connectivity index (χ0) is 14.5. The number of ketones is 1. The molecule has 0 heterocycles. The molecular formula is C16H10BrNO2. The topological polar surface area (TPSA) is 61.1 Å². The maximum atomic E-state index is 12.2. The molecule has 0 aliphatic carbocycles. The molecule has 3 nitrogen and oxygen atoms in total. The highest BCUT2D eigenvalue weighted by atomic mass is 79.9. The lowest BCUT2D eigenvalue weighted by Crippen LogP contribution is -2.01. The van der Waals surface area contributed by atoms with Crippen molar-refractivity contribution in [3.63, 3.8) is 0 Å². The number of carbonyl (C=O) groups is 1. The van der Waals surface area contributed by atoms with Crippen LogP contribution in [-0.4, -0.2) is 10.9 Å². The monoisotopic (exact) mass is 327 g/mol. The minimum absolute atomic E-state index is 0.0498. The average Bonchev–Trinajstić information content (AvgIpc) is 2.48. The summed E-state index contributed by atoms with van der Waals surface area (Å²) in [5.74, 6) is -0.215. The van der Waals surface area contributed by atoms with Crippen molar-refractivity contribution in [2.24, 2.45) is 0 Å². The van der Waals surface area contributed by atoms with Gasteiger partial charge < -0.3 is 5.11 Å². The Bertz CT molecular complexity index is 715. The highest BCUT2D eigenvalue weighted by molar-refractivity contribution is 9.10. The zero-order valence-electron chi connectivity index (χ0n) is 10.4. The van der Waals surface area contributed by atoms with Crippen molar-refractivity contribution in [3.8, 4) is 11.8 Å². The summed E-state index contributed by atoms with van der Waals surface area (Å²) in [4.78, 5) is 12.2. The largest absolute Gasteiger partial charge is 0.507 e. The molecule has 0 fully saturated rings. The zero-order valence-corrected chi connectivity index (χ0v) is 12.0. The summed E-state index contributed by atoms with van der Waals surface area (Å²) in [7, 11) is 0. The van der Waals surface area contributed by atoms with E-state index in [0.29, 0.717) is 15.6 Å². The maximum Gasteiger partial charge on any atom is 0.203 e. The normalized spacial score (nSPS) is 10.9. The summed E-state index contributed by atoms with van der Waals surface area (Å²) in [6.45, 7) is 0. The SMILES string of the molecule is N#C/C(=C\c1ccc(O)c(Br)c1)C(=O)c1ccccc1. The molecule has 4 heteroatoms. The molecule has 0 amide bonds. The second-order valence-electron chi connectivity index (χ2n) is 4.08. The molecule has 0 unspecified atom stereocenters. The van der Waals surface area contributed by atoms with Gasteiger partial charge in [0, 0.05) is 5.56 Å². The Morgan fingerprint density at radius 2 is 1.90 bits per heavy atom. The minimum atomic E-state index is -0.322. The number of halogens is 1. The Hall–Kier alpha value is -2.38. The van der Waals surface area contributed by atoms with Gasteiger partial charge >= 0.3 is 0 Å². The van der Waals surface area contributed by atoms with Crippen LogP contribution in [-0.2, 0) is 0 Å². The predicted molar refractivity (Wildman–Crippen MR) is 80.2 cm³/mol. The molecular weight excluding hydrogens is 318 g/mol. The van der Waals surface area contributed by atoms with Gasteiger partial charge in [-0.15, -0.1) is 0 Å². The van der Waals surface area contributed by atoms with E-state index in [1.165, 1.54) is 12.1 Å². The van der Waals surface area contributed by atoms with E-state index in [2.05, 4.69) is 15.9 Å². The smallest absolute Gasteiger partial charge is 0.203 e. The lowest BCUT2D eigenvalue weighted by atomic mass is 10.0. The van der Waals surface area contributed by atoms with Crippen LogP contribution in [0.1, 0.15) is 15.9 Å². The first kappa shape index (κ1) is 14.0. The van der Waals surface area contributed by atoms with Crippen LogP contribution in [0.2, 0.25) is 0 Å². The maximum absolute atomic E-state index is 12.2. The average molecular weight is 328 g/mol. The van der Waals surface area contributed by atoms with Crippen LogP contribution in [0.4, 0.5) is 0 Å². The molecule has 2 rings (SSSR count). The number of hydrogen-bond acceptors (Lipinski definition) is 3. The summed E-state index contributed by atoms with van der Waals surface area (Å²) in [6.07, 6.45) is 1.50. The van der Waals surface area contributed by atoms with Gasteiger partial charge in [0.25, 0.3) is 0 Å². The number of Topliss-reactive ketones (excluding diaryl/α,β-unsaturated/α-hetero) is 1. The van der Waals surface area contributed by atoms with Crippen molar-refractivity contribution >= 4 is 27.8 Å². The van der Waals surface area contributed by atoms with E-state index in [1.807, 2.05) is 12.1 Å². The number of nitriles is 1. The lowest BCUT2D eigenvalue weighted by Gasteiger charge is -2.01. The molecule has 0 radical (unpaired) electrons. The van der Waals surface area contributed by atoms with Gasteiger partial charge in [-0.05, 0) is 39.7 Å². The molecule has 0 saturated carbocycles. The Labute approximate surface area is 124 Å². The molecule has 0 aromatic heterocycles. The summed E-state index contributed by atoms with van der Waals surface area (Å²) in [5.41, 5.74) is 1.18. The highest BCUT2D eigenvalue weighted by Crippen LogP contribution is 2.25. The molecule has 98 valence electrons. The minimum Gasteiger partial charge on any atom is -0.507 e.